The molecule has 1 aliphatic carbocycles. The Kier molecular flexibility index (Phi) is 3.63. The van der Waals surface area contributed by atoms with Gasteiger partial charge in [-0.3, -0.25) is 0 Å². The Balaban J connectivity index is 1.65. The number of benzene rings is 1. The molecule has 2 aromatic rings. The smallest absolute Gasteiger partial charge is 0.0991 e. The Morgan fingerprint density at radius 1 is 1.32 bits per heavy atom. The fraction of sp³-hybridized carbons (Fsp3) is 0.312. The molecule has 3 rings (SSSR count). The van der Waals surface area contributed by atoms with E-state index < -0.39 is 0 Å². The third kappa shape index (κ3) is 3.05. The normalized spacial score (nSPS) is 18.4. The van der Waals surface area contributed by atoms with Crippen LogP contribution in [0.15, 0.2) is 55.1 Å². The Morgan fingerprint density at radius 3 is 3.11 bits per heavy atom. The second kappa shape index (κ2) is 5.74. The largest absolute Gasteiger partial charge is 0.385 e. The van der Waals surface area contributed by atoms with E-state index in [-0.39, 0.29) is 0 Å². The maximum absolute atomic E-state index is 4.08. The van der Waals surface area contributed by atoms with E-state index in [4.69, 9.17) is 0 Å². The summed E-state index contributed by atoms with van der Waals surface area (Å²) in [6.07, 6.45) is 13.9. The molecule has 0 spiro atoms. The lowest BCUT2D eigenvalue weighted by atomic mass is 9.94. The zero-order chi connectivity index (χ0) is 12.9. The van der Waals surface area contributed by atoms with Crippen LogP contribution in [0.25, 0.3) is 5.69 Å². The van der Waals surface area contributed by atoms with Gasteiger partial charge in [0.1, 0.15) is 0 Å². The van der Waals surface area contributed by atoms with Crippen molar-refractivity contribution in [3.8, 4) is 5.69 Å². The van der Waals surface area contributed by atoms with Gasteiger partial charge in [-0.2, -0.15) is 0 Å². The van der Waals surface area contributed by atoms with Crippen LogP contribution in [0.3, 0.4) is 0 Å². The van der Waals surface area contributed by atoms with Crippen LogP contribution in [0.2, 0.25) is 0 Å². The van der Waals surface area contributed by atoms with Crippen molar-refractivity contribution in [2.75, 3.05) is 11.9 Å². The third-order valence-electron chi connectivity index (χ3n) is 3.62. The van der Waals surface area contributed by atoms with Gasteiger partial charge in [-0.25, -0.2) is 4.98 Å². The van der Waals surface area contributed by atoms with E-state index in [1.807, 2.05) is 17.1 Å². The fourth-order valence-electron chi connectivity index (χ4n) is 2.49. The molecule has 1 N–H and O–H groups in total. The third-order valence-corrected chi connectivity index (χ3v) is 3.62. The molecule has 0 fully saturated rings. The molecule has 0 saturated carbocycles. The molecule has 1 aromatic carbocycles. The Labute approximate surface area is 114 Å². The summed E-state index contributed by atoms with van der Waals surface area (Å²) >= 11 is 0. The SMILES string of the molecule is C1=CCC(CNc2cccc(-n3ccnc3)c2)CC1. The highest BCUT2D eigenvalue weighted by molar-refractivity contribution is 5.51. The van der Waals surface area contributed by atoms with Gasteiger partial charge >= 0.3 is 0 Å². The minimum absolute atomic E-state index is 0.766. The standard InChI is InChI=1S/C16H19N3/c1-2-5-14(6-3-1)12-18-15-7-4-8-16(11-15)19-10-9-17-13-19/h1-2,4,7-11,13-14,18H,3,5-6,12H2. The summed E-state index contributed by atoms with van der Waals surface area (Å²) in [7, 11) is 0. The first kappa shape index (κ1) is 12.0. The average molecular weight is 253 g/mol. The molecule has 3 nitrogen and oxygen atoms in total. The van der Waals surface area contributed by atoms with Crippen LogP contribution in [0.5, 0.6) is 0 Å². The topological polar surface area (TPSA) is 29.9 Å². The second-order valence-electron chi connectivity index (χ2n) is 5.05. The van der Waals surface area contributed by atoms with Gasteiger partial charge in [0.15, 0.2) is 0 Å². The minimum Gasteiger partial charge on any atom is -0.385 e. The van der Waals surface area contributed by atoms with Crippen molar-refractivity contribution < 1.29 is 0 Å². The molecular formula is C16H19N3. The Bertz CT molecular complexity index is 543. The number of aromatic nitrogens is 2. The highest BCUT2D eigenvalue weighted by Crippen LogP contribution is 2.20. The molecule has 1 aliphatic rings. The monoisotopic (exact) mass is 253 g/mol. The van der Waals surface area contributed by atoms with E-state index in [2.05, 4.69) is 46.7 Å². The van der Waals surface area contributed by atoms with Gasteiger partial charge in [-0.05, 0) is 43.4 Å². The maximum atomic E-state index is 4.08. The molecule has 1 heterocycles. The average Bonchev–Trinajstić information content (AvgIpc) is 3.01. The molecule has 98 valence electrons. The first-order valence-corrected chi connectivity index (χ1v) is 6.89. The molecule has 1 unspecified atom stereocenters. The van der Waals surface area contributed by atoms with Gasteiger partial charge in [-0.15, -0.1) is 0 Å². The number of hydrogen-bond acceptors (Lipinski definition) is 2. The molecule has 0 amide bonds. The van der Waals surface area contributed by atoms with Gasteiger partial charge in [0.2, 0.25) is 0 Å². The minimum atomic E-state index is 0.766. The first-order valence-electron chi connectivity index (χ1n) is 6.89. The zero-order valence-corrected chi connectivity index (χ0v) is 11.0. The quantitative estimate of drug-likeness (QED) is 0.843. The van der Waals surface area contributed by atoms with Crippen LogP contribution in [0, 0.1) is 5.92 Å². The first-order chi connectivity index (χ1) is 9.42. The van der Waals surface area contributed by atoms with Crippen molar-refractivity contribution >= 4 is 5.69 Å². The van der Waals surface area contributed by atoms with Crippen molar-refractivity contribution in [2.24, 2.45) is 5.92 Å². The van der Waals surface area contributed by atoms with Gasteiger partial charge in [-0.1, -0.05) is 18.2 Å². The summed E-state index contributed by atoms with van der Waals surface area (Å²) < 4.78 is 2.02. The predicted octanol–water partition coefficient (Wildman–Crippen LogP) is 3.64. The van der Waals surface area contributed by atoms with Crippen molar-refractivity contribution in [1.82, 2.24) is 9.55 Å². The lowest BCUT2D eigenvalue weighted by Gasteiger charge is -2.19. The molecule has 0 aliphatic heterocycles. The summed E-state index contributed by atoms with van der Waals surface area (Å²) in [5.74, 6) is 0.766. The van der Waals surface area contributed by atoms with E-state index in [1.165, 1.54) is 24.9 Å². The van der Waals surface area contributed by atoms with E-state index in [9.17, 15) is 0 Å². The molecule has 1 aromatic heterocycles. The van der Waals surface area contributed by atoms with Crippen molar-refractivity contribution in [2.45, 2.75) is 19.3 Å². The van der Waals surface area contributed by atoms with Gasteiger partial charge < -0.3 is 9.88 Å². The molecule has 19 heavy (non-hydrogen) atoms. The molecule has 0 saturated heterocycles. The van der Waals surface area contributed by atoms with Crippen molar-refractivity contribution in [3.63, 3.8) is 0 Å². The highest BCUT2D eigenvalue weighted by Gasteiger charge is 2.09. The number of rotatable bonds is 4. The van der Waals surface area contributed by atoms with Crippen LogP contribution >= 0.6 is 0 Å². The molecule has 0 bridgehead atoms. The number of hydrogen-bond donors (Lipinski definition) is 1. The summed E-state index contributed by atoms with van der Waals surface area (Å²) in [5, 5.41) is 3.55. The number of anilines is 1. The predicted molar refractivity (Wildman–Crippen MR) is 78.5 cm³/mol. The molecular weight excluding hydrogens is 234 g/mol. The Morgan fingerprint density at radius 2 is 2.32 bits per heavy atom. The summed E-state index contributed by atoms with van der Waals surface area (Å²) in [4.78, 5) is 4.08. The van der Waals surface area contributed by atoms with Crippen LogP contribution in [0.1, 0.15) is 19.3 Å². The number of nitrogens with one attached hydrogen (secondary N) is 1. The van der Waals surface area contributed by atoms with Gasteiger partial charge in [0, 0.05) is 30.3 Å². The second-order valence-corrected chi connectivity index (χ2v) is 5.05. The van der Waals surface area contributed by atoms with Crippen LogP contribution in [-0.2, 0) is 0 Å². The number of imidazole rings is 1. The Hall–Kier alpha value is -2.03. The van der Waals surface area contributed by atoms with Crippen molar-refractivity contribution in [1.29, 1.82) is 0 Å². The number of allylic oxidation sites excluding steroid dienone is 2. The summed E-state index contributed by atoms with van der Waals surface area (Å²) in [6.45, 7) is 1.05. The molecule has 0 radical (unpaired) electrons. The van der Waals surface area contributed by atoms with Crippen molar-refractivity contribution in [3.05, 3.63) is 55.1 Å². The lowest BCUT2D eigenvalue weighted by molar-refractivity contribution is 0.504. The van der Waals surface area contributed by atoms with E-state index in [1.54, 1.807) is 6.20 Å². The number of nitrogens with zero attached hydrogens (tertiary/aromatic N) is 2. The summed E-state index contributed by atoms with van der Waals surface area (Å²) in [6, 6.07) is 8.47. The van der Waals surface area contributed by atoms with Gasteiger partial charge in [0.05, 0.1) is 6.33 Å². The van der Waals surface area contributed by atoms with E-state index in [0.717, 1.165) is 18.2 Å². The van der Waals surface area contributed by atoms with Gasteiger partial charge in [0.25, 0.3) is 0 Å². The molecule has 3 heteroatoms. The summed E-state index contributed by atoms with van der Waals surface area (Å²) in [5.41, 5.74) is 2.33. The van der Waals surface area contributed by atoms with E-state index in [0.29, 0.717) is 0 Å². The highest BCUT2D eigenvalue weighted by atomic mass is 15.0. The van der Waals surface area contributed by atoms with Crippen LogP contribution < -0.4 is 5.32 Å². The molecule has 1 atom stereocenters. The van der Waals surface area contributed by atoms with Crippen LogP contribution in [-0.4, -0.2) is 16.1 Å². The van der Waals surface area contributed by atoms with E-state index >= 15 is 0 Å². The van der Waals surface area contributed by atoms with Crippen LogP contribution in [0.4, 0.5) is 5.69 Å². The lowest BCUT2D eigenvalue weighted by Crippen LogP contribution is -2.15. The zero-order valence-electron chi connectivity index (χ0n) is 11.0. The fourth-order valence-corrected chi connectivity index (χ4v) is 2.49. The maximum Gasteiger partial charge on any atom is 0.0991 e.